The van der Waals surface area contributed by atoms with Crippen LogP contribution in [0.5, 0.6) is 0 Å². The molecular formula is C11H4FIN4. The van der Waals surface area contributed by atoms with Gasteiger partial charge in [-0.15, -0.1) is 0 Å². The molecule has 17 heavy (non-hydrogen) atoms. The Labute approximate surface area is 111 Å². The van der Waals surface area contributed by atoms with Crippen LogP contribution >= 0.6 is 22.6 Å². The van der Waals surface area contributed by atoms with E-state index in [0.29, 0.717) is 3.57 Å². The molecule has 0 unspecified atom stereocenters. The molecule has 1 N–H and O–H groups in total. The van der Waals surface area contributed by atoms with E-state index in [1.165, 1.54) is 12.1 Å². The molecule has 1 aromatic rings. The summed E-state index contributed by atoms with van der Waals surface area (Å²) >= 11 is 1.94. The average Bonchev–Trinajstić information content (AvgIpc) is 2.32. The fraction of sp³-hybridized carbons (Fsp3) is 0. The smallest absolute Gasteiger partial charge is 0.163 e. The largest absolute Gasteiger partial charge is 0.343 e. The lowest BCUT2D eigenvalue weighted by molar-refractivity contribution is 0.630. The number of halogens is 2. The Morgan fingerprint density at radius 2 is 1.82 bits per heavy atom. The van der Waals surface area contributed by atoms with Crippen molar-refractivity contribution in [3.8, 4) is 18.2 Å². The number of benzene rings is 1. The van der Waals surface area contributed by atoms with Gasteiger partial charge in [0.05, 0.1) is 5.69 Å². The van der Waals surface area contributed by atoms with E-state index in [1.54, 1.807) is 24.3 Å². The number of anilines is 1. The summed E-state index contributed by atoms with van der Waals surface area (Å²) in [4.78, 5) is 0. The first kappa shape index (κ1) is 13.0. The van der Waals surface area contributed by atoms with Crippen LogP contribution in [0.15, 0.2) is 29.5 Å². The molecule has 0 bridgehead atoms. The third kappa shape index (κ3) is 3.17. The standard InChI is InChI=1S/C11H4FIN4/c12-9-3-8(13)1-2-10(9)17-11(6-16)7(4-14)5-15/h1-3,17H. The molecule has 82 valence electrons. The molecule has 0 amide bonds. The van der Waals surface area contributed by atoms with Gasteiger partial charge in [0.25, 0.3) is 0 Å². The van der Waals surface area contributed by atoms with Gasteiger partial charge in [0.2, 0.25) is 0 Å². The Bertz CT molecular complexity index is 585. The van der Waals surface area contributed by atoms with Crippen LogP contribution < -0.4 is 5.32 Å². The predicted octanol–water partition coefficient (Wildman–Crippen LogP) is 2.67. The average molecular weight is 338 g/mol. The van der Waals surface area contributed by atoms with Crippen molar-refractivity contribution in [2.24, 2.45) is 0 Å². The first-order chi connectivity index (χ1) is 8.12. The minimum absolute atomic E-state index is 0.0463. The van der Waals surface area contributed by atoms with Gasteiger partial charge in [-0.1, -0.05) is 0 Å². The zero-order chi connectivity index (χ0) is 12.8. The monoisotopic (exact) mass is 338 g/mol. The van der Waals surface area contributed by atoms with Gasteiger partial charge in [0.15, 0.2) is 5.57 Å². The Morgan fingerprint density at radius 3 is 2.29 bits per heavy atom. The van der Waals surface area contributed by atoms with Crippen LogP contribution in [0.4, 0.5) is 10.1 Å². The third-order valence-electron chi connectivity index (χ3n) is 1.78. The maximum atomic E-state index is 13.5. The lowest BCUT2D eigenvalue weighted by atomic mass is 10.2. The number of nitriles is 3. The van der Waals surface area contributed by atoms with Crippen molar-refractivity contribution in [3.63, 3.8) is 0 Å². The van der Waals surface area contributed by atoms with Crippen molar-refractivity contribution in [1.29, 1.82) is 15.8 Å². The van der Waals surface area contributed by atoms with Crippen LogP contribution in [-0.2, 0) is 0 Å². The van der Waals surface area contributed by atoms with E-state index >= 15 is 0 Å². The van der Waals surface area contributed by atoms with Crippen molar-refractivity contribution in [2.45, 2.75) is 0 Å². The molecule has 1 aromatic carbocycles. The number of nitrogens with zero attached hydrogens (tertiary/aromatic N) is 3. The van der Waals surface area contributed by atoms with E-state index in [4.69, 9.17) is 15.8 Å². The molecule has 0 fully saturated rings. The van der Waals surface area contributed by atoms with Gasteiger partial charge in [0, 0.05) is 3.57 Å². The molecule has 4 nitrogen and oxygen atoms in total. The molecule has 0 spiro atoms. The molecule has 0 saturated heterocycles. The molecule has 0 aromatic heterocycles. The highest BCUT2D eigenvalue weighted by Gasteiger charge is 2.09. The van der Waals surface area contributed by atoms with Crippen molar-refractivity contribution < 1.29 is 4.39 Å². The number of hydrogen-bond donors (Lipinski definition) is 1. The second-order valence-electron chi connectivity index (χ2n) is 2.83. The van der Waals surface area contributed by atoms with Crippen LogP contribution in [-0.4, -0.2) is 0 Å². The van der Waals surface area contributed by atoms with E-state index in [9.17, 15) is 4.39 Å². The van der Waals surface area contributed by atoms with Crippen molar-refractivity contribution in [3.05, 3.63) is 38.9 Å². The van der Waals surface area contributed by atoms with E-state index in [2.05, 4.69) is 5.32 Å². The second-order valence-corrected chi connectivity index (χ2v) is 4.08. The normalized spacial score (nSPS) is 8.41. The quantitative estimate of drug-likeness (QED) is 0.664. The van der Waals surface area contributed by atoms with Gasteiger partial charge < -0.3 is 5.32 Å². The fourth-order valence-corrected chi connectivity index (χ4v) is 1.46. The molecular weight excluding hydrogens is 334 g/mol. The maximum Gasteiger partial charge on any atom is 0.163 e. The molecule has 0 atom stereocenters. The highest BCUT2D eigenvalue weighted by molar-refractivity contribution is 14.1. The number of allylic oxidation sites excluding steroid dienone is 2. The molecule has 0 aliphatic rings. The summed E-state index contributed by atoms with van der Waals surface area (Å²) < 4.78 is 14.2. The van der Waals surface area contributed by atoms with Gasteiger partial charge in [-0.2, -0.15) is 15.8 Å². The molecule has 6 heteroatoms. The lowest BCUT2D eigenvalue weighted by Gasteiger charge is -2.05. The zero-order valence-electron chi connectivity index (χ0n) is 8.33. The van der Waals surface area contributed by atoms with E-state index in [1.807, 2.05) is 22.6 Å². The van der Waals surface area contributed by atoms with Gasteiger partial charge in [-0.25, -0.2) is 4.39 Å². The summed E-state index contributed by atoms with van der Waals surface area (Å²) in [6.07, 6.45) is 0. The van der Waals surface area contributed by atoms with Gasteiger partial charge in [-0.05, 0) is 40.8 Å². The molecule has 0 aliphatic carbocycles. The Balaban J connectivity index is 3.16. The van der Waals surface area contributed by atoms with Crippen molar-refractivity contribution in [2.75, 3.05) is 5.32 Å². The van der Waals surface area contributed by atoms with Crippen LogP contribution in [0.25, 0.3) is 0 Å². The zero-order valence-corrected chi connectivity index (χ0v) is 10.5. The Hall–Kier alpha value is -2.11. The topological polar surface area (TPSA) is 83.4 Å². The molecule has 1 rings (SSSR count). The Morgan fingerprint density at radius 1 is 1.18 bits per heavy atom. The summed E-state index contributed by atoms with van der Waals surface area (Å²) in [7, 11) is 0. The number of nitrogens with one attached hydrogen (secondary N) is 1. The minimum atomic E-state index is -0.556. The highest BCUT2D eigenvalue weighted by Crippen LogP contribution is 2.19. The number of rotatable bonds is 2. The summed E-state index contributed by atoms with van der Waals surface area (Å²) in [6, 6.07) is 9.12. The van der Waals surface area contributed by atoms with Gasteiger partial charge in [-0.3, -0.25) is 0 Å². The SMILES string of the molecule is N#CC(C#N)=C(C#N)Nc1ccc(I)cc1F. The third-order valence-corrected chi connectivity index (χ3v) is 2.45. The summed E-state index contributed by atoms with van der Waals surface area (Å²) in [6.45, 7) is 0. The minimum Gasteiger partial charge on any atom is -0.343 e. The lowest BCUT2D eigenvalue weighted by Crippen LogP contribution is -2.02. The van der Waals surface area contributed by atoms with Crippen LogP contribution in [0.1, 0.15) is 0 Å². The van der Waals surface area contributed by atoms with Crippen molar-refractivity contribution in [1.82, 2.24) is 0 Å². The van der Waals surface area contributed by atoms with Crippen LogP contribution in [0.2, 0.25) is 0 Å². The molecule has 0 saturated carbocycles. The summed E-state index contributed by atoms with van der Waals surface area (Å²) in [5.41, 5.74) is -0.606. The van der Waals surface area contributed by atoms with Gasteiger partial charge >= 0.3 is 0 Å². The first-order valence-electron chi connectivity index (χ1n) is 4.29. The van der Waals surface area contributed by atoms with Crippen LogP contribution in [0, 0.1) is 43.4 Å². The van der Waals surface area contributed by atoms with E-state index in [-0.39, 0.29) is 17.0 Å². The predicted molar refractivity (Wildman–Crippen MR) is 66.6 cm³/mol. The summed E-state index contributed by atoms with van der Waals surface area (Å²) in [5, 5.41) is 28.4. The Kier molecular flexibility index (Phi) is 4.45. The summed E-state index contributed by atoms with van der Waals surface area (Å²) in [5.74, 6) is -0.556. The first-order valence-corrected chi connectivity index (χ1v) is 5.37. The maximum absolute atomic E-state index is 13.5. The second kappa shape index (κ2) is 5.83. The molecule has 0 radical (unpaired) electrons. The fourth-order valence-electron chi connectivity index (χ4n) is 1.01. The van der Waals surface area contributed by atoms with Crippen molar-refractivity contribution >= 4 is 28.3 Å². The van der Waals surface area contributed by atoms with Gasteiger partial charge in [0.1, 0.15) is 29.7 Å². The molecule has 0 aliphatic heterocycles. The van der Waals surface area contributed by atoms with Crippen LogP contribution in [0.3, 0.4) is 0 Å². The molecule has 0 heterocycles. The number of hydrogen-bond acceptors (Lipinski definition) is 4. The van der Waals surface area contributed by atoms with E-state index in [0.717, 1.165) is 0 Å². The van der Waals surface area contributed by atoms with E-state index < -0.39 is 5.82 Å². The highest BCUT2D eigenvalue weighted by atomic mass is 127.